The number of rotatable bonds is 3. The van der Waals surface area contributed by atoms with Gasteiger partial charge in [-0.1, -0.05) is 24.3 Å². The van der Waals surface area contributed by atoms with Gasteiger partial charge < -0.3 is 4.42 Å². The molecule has 1 heterocycles. The lowest BCUT2D eigenvalue weighted by atomic mass is 9.93. The van der Waals surface area contributed by atoms with Gasteiger partial charge in [-0.05, 0) is 36.0 Å². The molecule has 1 aromatic carbocycles. The van der Waals surface area contributed by atoms with Crippen LogP contribution in [0.2, 0.25) is 0 Å². The van der Waals surface area contributed by atoms with E-state index in [2.05, 4.69) is 29.7 Å². The second-order valence-electron chi connectivity index (χ2n) is 4.64. The first-order chi connectivity index (χ1) is 8.38. The highest BCUT2D eigenvalue weighted by Gasteiger charge is 2.29. The van der Waals surface area contributed by atoms with E-state index in [1.807, 2.05) is 6.07 Å². The van der Waals surface area contributed by atoms with Crippen LogP contribution in [0.1, 0.15) is 22.7 Å². The van der Waals surface area contributed by atoms with Crippen molar-refractivity contribution in [2.75, 3.05) is 0 Å². The number of fused-ring (bicyclic) bond motifs is 1. The molecule has 0 bridgehead atoms. The summed E-state index contributed by atoms with van der Waals surface area (Å²) in [5, 5.41) is 0. The van der Waals surface area contributed by atoms with E-state index in [1.165, 1.54) is 11.1 Å². The molecule has 0 radical (unpaired) electrons. The minimum Gasteiger partial charge on any atom is -0.472 e. The summed E-state index contributed by atoms with van der Waals surface area (Å²) in [5.41, 5.74) is 6.94. The topological polar surface area (TPSA) is 51.2 Å². The van der Waals surface area contributed by atoms with Gasteiger partial charge in [0, 0.05) is 5.56 Å². The van der Waals surface area contributed by atoms with Crippen LogP contribution in [0.3, 0.4) is 0 Å². The molecular weight excluding hydrogens is 212 g/mol. The minimum absolute atomic E-state index is 0.168. The van der Waals surface area contributed by atoms with Gasteiger partial charge in [0.25, 0.3) is 0 Å². The van der Waals surface area contributed by atoms with E-state index in [4.69, 9.17) is 10.3 Å². The maximum Gasteiger partial charge on any atom is 0.0950 e. The second kappa shape index (κ2) is 4.35. The summed E-state index contributed by atoms with van der Waals surface area (Å²) in [6, 6.07) is 10.8. The van der Waals surface area contributed by atoms with E-state index in [0.717, 1.165) is 18.4 Å². The zero-order valence-electron chi connectivity index (χ0n) is 9.60. The van der Waals surface area contributed by atoms with Crippen molar-refractivity contribution in [1.29, 1.82) is 0 Å². The SMILES string of the molecule is NNC(c1ccoc1)C1Cc2ccccc2C1. The lowest BCUT2D eigenvalue weighted by Crippen LogP contribution is -2.33. The Labute approximate surface area is 101 Å². The minimum atomic E-state index is 0.168. The largest absolute Gasteiger partial charge is 0.472 e. The monoisotopic (exact) mass is 228 g/mol. The summed E-state index contributed by atoms with van der Waals surface area (Å²) in [6.07, 6.45) is 5.63. The number of hydrogen-bond donors (Lipinski definition) is 2. The van der Waals surface area contributed by atoms with Crippen molar-refractivity contribution >= 4 is 0 Å². The molecule has 1 aliphatic rings. The highest BCUT2D eigenvalue weighted by molar-refractivity contribution is 5.33. The molecule has 0 saturated carbocycles. The number of nitrogens with one attached hydrogen (secondary N) is 1. The summed E-state index contributed by atoms with van der Waals surface area (Å²) < 4.78 is 5.14. The summed E-state index contributed by atoms with van der Waals surface area (Å²) >= 11 is 0. The zero-order chi connectivity index (χ0) is 11.7. The summed E-state index contributed by atoms with van der Waals surface area (Å²) in [5.74, 6) is 6.20. The Morgan fingerprint density at radius 2 is 1.88 bits per heavy atom. The molecule has 2 aromatic rings. The fourth-order valence-electron chi connectivity index (χ4n) is 2.79. The van der Waals surface area contributed by atoms with E-state index in [9.17, 15) is 0 Å². The molecule has 17 heavy (non-hydrogen) atoms. The van der Waals surface area contributed by atoms with E-state index >= 15 is 0 Å². The standard InChI is InChI=1S/C14H16N2O/c15-16-14(12-5-6-17-9-12)13-7-10-3-1-2-4-11(10)8-13/h1-6,9,13-14,16H,7-8,15H2. The van der Waals surface area contributed by atoms with Crippen LogP contribution >= 0.6 is 0 Å². The molecule has 1 aromatic heterocycles. The first-order valence-electron chi connectivity index (χ1n) is 5.93. The van der Waals surface area contributed by atoms with E-state index in [-0.39, 0.29) is 6.04 Å². The van der Waals surface area contributed by atoms with Crippen LogP contribution < -0.4 is 11.3 Å². The van der Waals surface area contributed by atoms with E-state index < -0.39 is 0 Å². The van der Waals surface area contributed by atoms with Gasteiger partial charge >= 0.3 is 0 Å². The Hall–Kier alpha value is -1.58. The Kier molecular flexibility index (Phi) is 2.71. The number of furan rings is 1. The average Bonchev–Trinajstić information content (AvgIpc) is 2.98. The highest BCUT2D eigenvalue weighted by atomic mass is 16.3. The van der Waals surface area contributed by atoms with Gasteiger partial charge in [-0.3, -0.25) is 11.3 Å². The van der Waals surface area contributed by atoms with Gasteiger partial charge in [-0.15, -0.1) is 0 Å². The van der Waals surface area contributed by atoms with Gasteiger partial charge in [-0.2, -0.15) is 0 Å². The Morgan fingerprint density at radius 3 is 2.41 bits per heavy atom. The molecule has 88 valence electrons. The zero-order valence-corrected chi connectivity index (χ0v) is 9.60. The lowest BCUT2D eigenvalue weighted by molar-refractivity contribution is 0.376. The molecule has 3 nitrogen and oxygen atoms in total. The fraction of sp³-hybridized carbons (Fsp3) is 0.286. The lowest BCUT2D eigenvalue weighted by Gasteiger charge is -2.21. The molecule has 3 rings (SSSR count). The molecule has 0 amide bonds. The number of hydrazine groups is 1. The first kappa shape index (κ1) is 10.6. The maximum absolute atomic E-state index is 5.69. The van der Waals surface area contributed by atoms with Crippen LogP contribution in [0.4, 0.5) is 0 Å². The normalized spacial score (nSPS) is 17.0. The summed E-state index contributed by atoms with van der Waals surface area (Å²) in [6.45, 7) is 0. The fourth-order valence-corrected chi connectivity index (χ4v) is 2.79. The van der Waals surface area contributed by atoms with Gasteiger partial charge in [0.15, 0.2) is 0 Å². The molecule has 0 aliphatic heterocycles. The van der Waals surface area contributed by atoms with Crippen LogP contribution in [0.15, 0.2) is 47.3 Å². The third-order valence-electron chi connectivity index (χ3n) is 3.64. The molecule has 1 atom stereocenters. The van der Waals surface area contributed by atoms with Crippen LogP contribution in [0.5, 0.6) is 0 Å². The van der Waals surface area contributed by atoms with Crippen molar-refractivity contribution in [3.8, 4) is 0 Å². The number of hydrogen-bond acceptors (Lipinski definition) is 3. The average molecular weight is 228 g/mol. The predicted molar refractivity (Wildman–Crippen MR) is 66.1 cm³/mol. The first-order valence-corrected chi connectivity index (χ1v) is 5.93. The van der Waals surface area contributed by atoms with Crippen molar-refractivity contribution in [2.45, 2.75) is 18.9 Å². The van der Waals surface area contributed by atoms with E-state index in [0.29, 0.717) is 5.92 Å². The summed E-state index contributed by atoms with van der Waals surface area (Å²) in [4.78, 5) is 0. The number of benzene rings is 1. The van der Waals surface area contributed by atoms with Crippen LogP contribution in [0, 0.1) is 5.92 Å². The molecular formula is C14H16N2O. The smallest absolute Gasteiger partial charge is 0.0950 e. The van der Waals surface area contributed by atoms with Crippen LogP contribution in [-0.4, -0.2) is 0 Å². The van der Waals surface area contributed by atoms with Crippen LogP contribution in [-0.2, 0) is 12.8 Å². The maximum atomic E-state index is 5.69. The number of nitrogens with two attached hydrogens (primary N) is 1. The van der Waals surface area contributed by atoms with Crippen molar-refractivity contribution < 1.29 is 4.42 Å². The Balaban J connectivity index is 1.83. The van der Waals surface area contributed by atoms with Gasteiger partial charge in [0.1, 0.15) is 0 Å². The summed E-state index contributed by atoms with van der Waals surface area (Å²) in [7, 11) is 0. The Bertz CT molecular complexity index is 468. The van der Waals surface area contributed by atoms with Crippen molar-refractivity contribution in [3.05, 3.63) is 59.5 Å². The van der Waals surface area contributed by atoms with Crippen molar-refractivity contribution in [2.24, 2.45) is 11.8 Å². The second-order valence-corrected chi connectivity index (χ2v) is 4.64. The van der Waals surface area contributed by atoms with Gasteiger partial charge in [-0.25, -0.2) is 0 Å². The van der Waals surface area contributed by atoms with Crippen LogP contribution in [0.25, 0.3) is 0 Å². The van der Waals surface area contributed by atoms with Crippen molar-refractivity contribution in [1.82, 2.24) is 5.43 Å². The third kappa shape index (κ3) is 1.88. The third-order valence-corrected chi connectivity index (χ3v) is 3.64. The highest BCUT2D eigenvalue weighted by Crippen LogP contribution is 2.34. The predicted octanol–water partition coefficient (Wildman–Crippen LogP) is 2.20. The van der Waals surface area contributed by atoms with Crippen molar-refractivity contribution in [3.63, 3.8) is 0 Å². The quantitative estimate of drug-likeness (QED) is 0.625. The Morgan fingerprint density at radius 1 is 1.18 bits per heavy atom. The molecule has 3 heteroatoms. The van der Waals surface area contributed by atoms with E-state index in [1.54, 1.807) is 12.5 Å². The molecule has 0 fully saturated rings. The molecule has 3 N–H and O–H groups in total. The molecule has 1 aliphatic carbocycles. The molecule has 0 spiro atoms. The molecule has 1 unspecified atom stereocenters. The van der Waals surface area contributed by atoms with Gasteiger partial charge in [0.2, 0.25) is 0 Å². The molecule has 0 saturated heterocycles. The van der Waals surface area contributed by atoms with Gasteiger partial charge in [0.05, 0.1) is 18.6 Å².